The predicted octanol–water partition coefficient (Wildman–Crippen LogP) is -2.81. The Morgan fingerprint density at radius 2 is 1.89 bits per heavy atom. The average Bonchev–Trinajstić information content (AvgIpc) is 3.11. The molecule has 0 aromatic carbocycles. The lowest BCUT2D eigenvalue weighted by molar-refractivity contribution is -0.148. The summed E-state index contributed by atoms with van der Waals surface area (Å²) in [5, 5.41) is 13.8. The molecule has 0 bridgehead atoms. The Balaban J connectivity index is 2.51. The molecule has 1 aliphatic rings. The van der Waals surface area contributed by atoms with Crippen molar-refractivity contribution in [3.63, 3.8) is 0 Å². The van der Waals surface area contributed by atoms with Crippen LogP contribution in [-0.2, 0) is 24.0 Å². The summed E-state index contributed by atoms with van der Waals surface area (Å²) in [5.74, 6) is -3.55. The minimum absolute atomic E-state index is 0.0338. The van der Waals surface area contributed by atoms with Crippen molar-refractivity contribution < 1.29 is 29.1 Å². The summed E-state index contributed by atoms with van der Waals surface area (Å²) in [5.41, 5.74) is 10.6. The number of rotatable bonds is 10. The Kier molecular flexibility index (Phi) is 9.02. The minimum Gasteiger partial charge on any atom is -0.480 e. The lowest BCUT2D eigenvalue weighted by Gasteiger charge is -2.23. The maximum atomic E-state index is 12.2. The molecule has 27 heavy (non-hydrogen) atoms. The fraction of sp³-hybridized carbons (Fsp3) is 0.667. The highest BCUT2D eigenvalue weighted by Gasteiger charge is 2.34. The van der Waals surface area contributed by atoms with Crippen molar-refractivity contribution in [2.75, 3.05) is 18.8 Å². The molecule has 1 fully saturated rings. The van der Waals surface area contributed by atoms with E-state index in [-0.39, 0.29) is 18.6 Å². The topological polar surface area (TPSA) is 185 Å². The first-order valence-electron chi connectivity index (χ1n) is 8.42. The van der Waals surface area contributed by atoms with Gasteiger partial charge in [-0.15, -0.1) is 0 Å². The third kappa shape index (κ3) is 7.06. The zero-order valence-electron chi connectivity index (χ0n) is 14.7. The summed E-state index contributed by atoms with van der Waals surface area (Å²) in [7, 11) is 0. The van der Waals surface area contributed by atoms with E-state index >= 15 is 0 Å². The van der Waals surface area contributed by atoms with Gasteiger partial charge in [0.15, 0.2) is 0 Å². The van der Waals surface area contributed by atoms with Gasteiger partial charge in [-0.25, -0.2) is 4.79 Å². The van der Waals surface area contributed by atoms with Gasteiger partial charge in [-0.05, 0) is 19.3 Å². The molecule has 3 atom stereocenters. The van der Waals surface area contributed by atoms with Crippen molar-refractivity contribution in [2.24, 2.45) is 11.5 Å². The van der Waals surface area contributed by atoms with Crippen LogP contribution >= 0.6 is 12.6 Å². The second kappa shape index (κ2) is 10.7. The molecule has 11 nitrogen and oxygen atoms in total. The van der Waals surface area contributed by atoms with Crippen LogP contribution in [-0.4, -0.2) is 76.6 Å². The van der Waals surface area contributed by atoms with E-state index in [2.05, 4.69) is 23.3 Å². The fourth-order valence-electron chi connectivity index (χ4n) is 2.61. The minimum atomic E-state index is -1.09. The van der Waals surface area contributed by atoms with Crippen molar-refractivity contribution in [3.8, 4) is 0 Å². The number of hydrogen-bond acceptors (Lipinski definition) is 7. The molecule has 3 unspecified atom stereocenters. The zero-order valence-corrected chi connectivity index (χ0v) is 15.6. The SMILES string of the molecule is NC(=O)CCC(N)C(=O)NC(CS)C(=O)NCC(=O)N1CCCC1C(=O)O. The van der Waals surface area contributed by atoms with Crippen LogP contribution in [0.3, 0.4) is 0 Å². The van der Waals surface area contributed by atoms with Crippen LogP contribution in [0.4, 0.5) is 0 Å². The molecule has 1 heterocycles. The Morgan fingerprint density at radius 1 is 1.22 bits per heavy atom. The average molecular weight is 403 g/mol. The van der Waals surface area contributed by atoms with Gasteiger partial charge in [0, 0.05) is 18.7 Å². The van der Waals surface area contributed by atoms with E-state index < -0.39 is 54.3 Å². The molecule has 152 valence electrons. The molecule has 0 spiro atoms. The molecule has 1 rings (SSSR count). The first-order chi connectivity index (χ1) is 12.7. The summed E-state index contributed by atoms with van der Waals surface area (Å²) in [6.07, 6.45) is 0.913. The highest BCUT2D eigenvalue weighted by atomic mass is 32.1. The second-order valence-corrected chi connectivity index (χ2v) is 6.52. The Hall–Kier alpha value is -2.34. The van der Waals surface area contributed by atoms with E-state index in [4.69, 9.17) is 16.6 Å². The van der Waals surface area contributed by atoms with Crippen molar-refractivity contribution in [1.29, 1.82) is 0 Å². The van der Waals surface area contributed by atoms with Crippen molar-refractivity contribution in [1.82, 2.24) is 15.5 Å². The molecule has 0 aromatic rings. The fourth-order valence-corrected chi connectivity index (χ4v) is 2.87. The van der Waals surface area contributed by atoms with Gasteiger partial charge in [0.05, 0.1) is 12.6 Å². The van der Waals surface area contributed by atoms with Gasteiger partial charge >= 0.3 is 5.97 Å². The van der Waals surface area contributed by atoms with E-state index in [1.807, 2.05) is 0 Å². The number of nitrogens with zero attached hydrogens (tertiary/aromatic N) is 1. The number of carbonyl (C=O) groups is 5. The Morgan fingerprint density at radius 3 is 2.44 bits per heavy atom. The highest BCUT2D eigenvalue weighted by Crippen LogP contribution is 2.17. The number of nitrogens with one attached hydrogen (secondary N) is 2. The van der Waals surface area contributed by atoms with Gasteiger partial charge in [-0.2, -0.15) is 12.6 Å². The number of nitrogens with two attached hydrogens (primary N) is 2. The number of amides is 4. The van der Waals surface area contributed by atoms with E-state index in [9.17, 15) is 24.0 Å². The summed E-state index contributed by atoms with van der Waals surface area (Å²) < 4.78 is 0. The van der Waals surface area contributed by atoms with Crippen LogP contribution in [0.5, 0.6) is 0 Å². The standard InChI is InChI=1S/C15H25N5O6S/c16-8(3-4-11(17)21)13(23)19-9(7-27)14(24)18-6-12(22)20-5-1-2-10(20)15(25)26/h8-10,27H,1-7,16H2,(H2,17,21)(H,18,24)(H,19,23)(H,25,26). The summed E-state index contributed by atoms with van der Waals surface area (Å²) in [6.45, 7) is -0.0798. The molecule has 12 heteroatoms. The van der Waals surface area contributed by atoms with Gasteiger partial charge < -0.3 is 32.1 Å². The quantitative estimate of drug-likeness (QED) is 0.212. The van der Waals surface area contributed by atoms with Gasteiger partial charge in [-0.3, -0.25) is 19.2 Å². The van der Waals surface area contributed by atoms with Crippen LogP contribution in [0.25, 0.3) is 0 Å². The van der Waals surface area contributed by atoms with Gasteiger partial charge in [0.25, 0.3) is 0 Å². The van der Waals surface area contributed by atoms with Gasteiger partial charge in [-0.1, -0.05) is 0 Å². The van der Waals surface area contributed by atoms with Crippen LogP contribution in [0.2, 0.25) is 0 Å². The second-order valence-electron chi connectivity index (χ2n) is 6.16. The van der Waals surface area contributed by atoms with Gasteiger partial charge in [0.1, 0.15) is 12.1 Å². The Bertz CT molecular complexity index is 601. The smallest absolute Gasteiger partial charge is 0.326 e. The molecule has 1 saturated heterocycles. The summed E-state index contributed by atoms with van der Waals surface area (Å²) in [6, 6.07) is -2.95. The number of primary amides is 1. The molecule has 0 radical (unpaired) electrons. The van der Waals surface area contributed by atoms with Crippen molar-refractivity contribution >= 4 is 42.2 Å². The number of aliphatic carboxylic acids is 1. The maximum Gasteiger partial charge on any atom is 0.326 e. The molecule has 4 amide bonds. The van der Waals surface area contributed by atoms with Crippen LogP contribution in [0.1, 0.15) is 25.7 Å². The number of likely N-dealkylation sites (tertiary alicyclic amines) is 1. The number of carbonyl (C=O) groups excluding carboxylic acids is 4. The molecule has 0 aliphatic carbocycles. The Labute approximate surface area is 161 Å². The van der Waals surface area contributed by atoms with E-state index in [1.165, 1.54) is 4.90 Å². The normalized spacial score (nSPS) is 18.4. The largest absolute Gasteiger partial charge is 0.480 e. The van der Waals surface area contributed by atoms with Crippen molar-refractivity contribution in [3.05, 3.63) is 0 Å². The van der Waals surface area contributed by atoms with Crippen LogP contribution in [0.15, 0.2) is 0 Å². The molecular weight excluding hydrogens is 378 g/mol. The zero-order chi connectivity index (χ0) is 20.6. The molecule has 0 aromatic heterocycles. The number of thiol groups is 1. The highest BCUT2D eigenvalue weighted by molar-refractivity contribution is 7.80. The third-order valence-corrected chi connectivity index (χ3v) is 4.49. The summed E-state index contributed by atoms with van der Waals surface area (Å²) >= 11 is 3.99. The monoisotopic (exact) mass is 403 g/mol. The molecule has 1 aliphatic heterocycles. The first kappa shape index (κ1) is 22.7. The van der Waals surface area contributed by atoms with E-state index in [0.29, 0.717) is 19.4 Å². The van der Waals surface area contributed by atoms with Crippen LogP contribution in [0, 0.1) is 0 Å². The van der Waals surface area contributed by atoms with Gasteiger partial charge in [0.2, 0.25) is 23.6 Å². The van der Waals surface area contributed by atoms with E-state index in [1.54, 1.807) is 0 Å². The first-order valence-corrected chi connectivity index (χ1v) is 9.05. The number of hydrogen-bond donors (Lipinski definition) is 6. The molecule has 7 N–H and O–H groups in total. The number of carboxylic acid groups (broad SMARTS) is 1. The van der Waals surface area contributed by atoms with Crippen LogP contribution < -0.4 is 22.1 Å². The lowest BCUT2D eigenvalue weighted by atomic mass is 10.1. The summed E-state index contributed by atoms with van der Waals surface area (Å²) in [4.78, 5) is 59.3. The third-order valence-electron chi connectivity index (χ3n) is 4.13. The van der Waals surface area contributed by atoms with E-state index in [0.717, 1.165) is 0 Å². The molecule has 0 saturated carbocycles. The molecular formula is C15H25N5O6S. The predicted molar refractivity (Wildman–Crippen MR) is 97.6 cm³/mol. The maximum absolute atomic E-state index is 12.2. The number of carboxylic acids is 1. The lowest BCUT2D eigenvalue weighted by Crippen LogP contribution is -2.54. The van der Waals surface area contributed by atoms with Crippen molar-refractivity contribution in [2.45, 2.75) is 43.8 Å².